The molecule has 4 rings (SSSR count). The monoisotopic (exact) mass is 429 g/mol. The Hall–Kier alpha value is -4.04. The zero-order valence-electron chi connectivity index (χ0n) is 17.6. The standard InChI is InChI=1S/C24H23N5O3/c1-15-2-3-16-4-7-19(13-18(16)12-15)27-22(31)10-11-25-14-26-24(32)20-8-5-17-6-9-21(30)29-23(17)28-20/h2-9,12-13,25H,10-11,14H2,1H3,(H,26,32)(H,27,31)(H,28,29,30). The molecule has 4 aromatic rings. The number of fused-ring (bicyclic) bond motifs is 2. The van der Waals surface area contributed by atoms with Crippen molar-refractivity contribution in [3.05, 3.63) is 82.3 Å². The minimum atomic E-state index is -0.375. The minimum absolute atomic E-state index is 0.115. The van der Waals surface area contributed by atoms with Gasteiger partial charge in [-0.1, -0.05) is 29.8 Å². The molecule has 0 saturated carbocycles. The van der Waals surface area contributed by atoms with Crippen LogP contribution in [0.1, 0.15) is 22.5 Å². The van der Waals surface area contributed by atoms with Crippen LogP contribution in [-0.2, 0) is 4.79 Å². The van der Waals surface area contributed by atoms with Gasteiger partial charge in [0.05, 0.1) is 6.67 Å². The summed E-state index contributed by atoms with van der Waals surface area (Å²) >= 11 is 0. The number of nitrogens with zero attached hydrogens (tertiary/aromatic N) is 1. The third-order valence-corrected chi connectivity index (χ3v) is 5.00. The van der Waals surface area contributed by atoms with Gasteiger partial charge in [0.2, 0.25) is 11.5 Å². The fourth-order valence-electron chi connectivity index (χ4n) is 3.35. The second kappa shape index (κ2) is 9.40. The molecule has 2 aromatic heterocycles. The molecular formula is C24H23N5O3. The van der Waals surface area contributed by atoms with E-state index in [1.165, 1.54) is 11.6 Å². The third kappa shape index (κ3) is 5.16. The SMILES string of the molecule is Cc1ccc2ccc(NC(=O)CCNCNC(=O)c3ccc4ccc(=O)[nH]c4n3)cc2c1. The highest BCUT2D eigenvalue weighted by molar-refractivity contribution is 5.95. The molecule has 8 nitrogen and oxygen atoms in total. The number of amides is 2. The van der Waals surface area contributed by atoms with Crippen molar-refractivity contribution in [2.24, 2.45) is 0 Å². The van der Waals surface area contributed by atoms with Gasteiger partial charge in [0, 0.05) is 30.1 Å². The van der Waals surface area contributed by atoms with Gasteiger partial charge in [-0.15, -0.1) is 0 Å². The van der Waals surface area contributed by atoms with Gasteiger partial charge in [-0.3, -0.25) is 19.7 Å². The lowest BCUT2D eigenvalue weighted by Gasteiger charge is -2.09. The maximum Gasteiger partial charge on any atom is 0.270 e. The Kier molecular flexibility index (Phi) is 6.23. The Balaban J connectivity index is 1.22. The highest BCUT2D eigenvalue weighted by Crippen LogP contribution is 2.20. The van der Waals surface area contributed by atoms with Crippen LogP contribution in [0.2, 0.25) is 0 Å². The van der Waals surface area contributed by atoms with Crippen LogP contribution in [0.3, 0.4) is 0 Å². The van der Waals surface area contributed by atoms with Crippen LogP contribution in [0.25, 0.3) is 21.8 Å². The number of carbonyl (C=O) groups is 2. The fraction of sp³-hybridized carbons (Fsp3) is 0.167. The van der Waals surface area contributed by atoms with Crippen molar-refractivity contribution in [2.75, 3.05) is 18.5 Å². The number of H-pyrrole nitrogens is 1. The van der Waals surface area contributed by atoms with E-state index in [2.05, 4.69) is 44.1 Å². The predicted octanol–water partition coefficient (Wildman–Crippen LogP) is 2.69. The van der Waals surface area contributed by atoms with E-state index < -0.39 is 0 Å². The number of carbonyl (C=O) groups excluding carboxylic acids is 2. The highest BCUT2D eigenvalue weighted by atomic mass is 16.2. The van der Waals surface area contributed by atoms with E-state index in [0.717, 1.165) is 21.8 Å². The summed E-state index contributed by atoms with van der Waals surface area (Å²) in [5.74, 6) is -0.490. The van der Waals surface area contributed by atoms with Crippen LogP contribution in [-0.4, -0.2) is 35.0 Å². The van der Waals surface area contributed by atoms with E-state index in [-0.39, 0.29) is 36.2 Å². The molecule has 8 heteroatoms. The first-order chi connectivity index (χ1) is 15.5. The Bertz CT molecular complexity index is 1360. The molecule has 0 aliphatic rings. The molecule has 0 aliphatic carbocycles. The van der Waals surface area contributed by atoms with E-state index in [9.17, 15) is 14.4 Å². The van der Waals surface area contributed by atoms with Gasteiger partial charge < -0.3 is 15.6 Å². The largest absolute Gasteiger partial charge is 0.338 e. The average Bonchev–Trinajstić information content (AvgIpc) is 2.78. The van der Waals surface area contributed by atoms with Crippen LogP contribution in [0, 0.1) is 6.92 Å². The van der Waals surface area contributed by atoms with Gasteiger partial charge in [-0.05, 0) is 48.0 Å². The number of nitrogens with one attached hydrogen (secondary N) is 4. The minimum Gasteiger partial charge on any atom is -0.338 e. The normalized spacial score (nSPS) is 10.9. The molecular weight excluding hydrogens is 406 g/mol. The topological polar surface area (TPSA) is 116 Å². The lowest BCUT2D eigenvalue weighted by molar-refractivity contribution is -0.116. The van der Waals surface area contributed by atoms with Crippen molar-refractivity contribution in [2.45, 2.75) is 13.3 Å². The highest BCUT2D eigenvalue weighted by Gasteiger charge is 2.08. The Morgan fingerprint density at radius 1 is 0.938 bits per heavy atom. The molecule has 0 unspecified atom stereocenters. The second-order valence-corrected chi connectivity index (χ2v) is 7.50. The molecule has 0 saturated heterocycles. The van der Waals surface area contributed by atoms with E-state index in [1.807, 2.05) is 25.1 Å². The van der Waals surface area contributed by atoms with Crippen LogP contribution < -0.4 is 21.5 Å². The maximum absolute atomic E-state index is 12.3. The zero-order chi connectivity index (χ0) is 22.5. The summed E-state index contributed by atoms with van der Waals surface area (Å²) in [6.45, 7) is 2.62. The van der Waals surface area contributed by atoms with Crippen molar-refractivity contribution in [3.8, 4) is 0 Å². The third-order valence-electron chi connectivity index (χ3n) is 5.00. The van der Waals surface area contributed by atoms with Crippen molar-refractivity contribution in [1.29, 1.82) is 0 Å². The fourth-order valence-corrected chi connectivity index (χ4v) is 3.35. The lowest BCUT2D eigenvalue weighted by atomic mass is 10.1. The van der Waals surface area contributed by atoms with Crippen molar-refractivity contribution >= 4 is 39.3 Å². The van der Waals surface area contributed by atoms with Crippen molar-refractivity contribution in [3.63, 3.8) is 0 Å². The average molecular weight is 429 g/mol. The molecule has 2 amide bonds. The molecule has 4 N–H and O–H groups in total. The molecule has 2 heterocycles. The van der Waals surface area contributed by atoms with Gasteiger partial charge in [0.15, 0.2) is 0 Å². The Labute approximate surface area is 184 Å². The molecule has 0 radical (unpaired) electrons. The molecule has 162 valence electrons. The molecule has 0 atom stereocenters. The number of aryl methyl sites for hydroxylation is 1. The molecule has 0 aliphatic heterocycles. The van der Waals surface area contributed by atoms with E-state index in [0.29, 0.717) is 12.2 Å². The molecule has 32 heavy (non-hydrogen) atoms. The summed E-state index contributed by atoms with van der Waals surface area (Å²) in [6, 6.07) is 18.4. The van der Waals surface area contributed by atoms with E-state index in [1.54, 1.807) is 18.2 Å². The van der Waals surface area contributed by atoms with Crippen molar-refractivity contribution < 1.29 is 9.59 Å². The van der Waals surface area contributed by atoms with E-state index in [4.69, 9.17) is 0 Å². The molecule has 0 spiro atoms. The van der Waals surface area contributed by atoms with Gasteiger partial charge in [0.25, 0.3) is 5.91 Å². The summed E-state index contributed by atoms with van der Waals surface area (Å²) in [7, 11) is 0. The van der Waals surface area contributed by atoms with Crippen LogP contribution in [0.4, 0.5) is 5.69 Å². The van der Waals surface area contributed by atoms with Gasteiger partial charge in [-0.2, -0.15) is 0 Å². The van der Waals surface area contributed by atoms with Gasteiger partial charge in [0.1, 0.15) is 11.3 Å². The van der Waals surface area contributed by atoms with Gasteiger partial charge >= 0.3 is 0 Å². The number of aromatic amines is 1. The lowest BCUT2D eigenvalue weighted by Crippen LogP contribution is -2.35. The summed E-state index contributed by atoms with van der Waals surface area (Å²) < 4.78 is 0. The number of rotatable bonds is 7. The molecule has 0 bridgehead atoms. The Morgan fingerprint density at radius 2 is 1.72 bits per heavy atom. The second-order valence-electron chi connectivity index (χ2n) is 7.50. The van der Waals surface area contributed by atoms with Crippen LogP contribution >= 0.6 is 0 Å². The number of anilines is 1. The number of benzene rings is 2. The number of pyridine rings is 2. The summed E-state index contributed by atoms with van der Waals surface area (Å²) in [4.78, 5) is 42.7. The molecule has 2 aromatic carbocycles. The predicted molar refractivity (Wildman–Crippen MR) is 125 cm³/mol. The molecule has 0 fully saturated rings. The van der Waals surface area contributed by atoms with E-state index >= 15 is 0 Å². The first-order valence-electron chi connectivity index (χ1n) is 10.3. The quantitative estimate of drug-likeness (QED) is 0.266. The summed E-state index contributed by atoms with van der Waals surface area (Å²) in [5.41, 5.74) is 2.20. The smallest absolute Gasteiger partial charge is 0.270 e. The Morgan fingerprint density at radius 3 is 2.59 bits per heavy atom. The first kappa shape index (κ1) is 21.2. The number of hydrogen-bond donors (Lipinski definition) is 4. The van der Waals surface area contributed by atoms with Crippen LogP contribution in [0.5, 0.6) is 0 Å². The zero-order valence-corrected chi connectivity index (χ0v) is 17.6. The maximum atomic E-state index is 12.3. The van der Waals surface area contributed by atoms with Gasteiger partial charge in [-0.25, -0.2) is 4.98 Å². The number of hydrogen-bond acceptors (Lipinski definition) is 5. The van der Waals surface area contributed by atoms with Crippen molar-refractivity contribution in [1.82, 2.24) is 20.6 Å². The number of aromatic nitrogens is 2. The first-order valence-corrected chi connectivity index (χ1v) is 10.3. The van der Waals surface area contributed by atoms with Crippen LogP contribution in [0.15, 0.2) is 65.5 Å². The summed E-state index contributed by atoms with van der Waals surface area (Å²) in [5, 5.41) is 11.5. The summed E-state index contributed by atoms with van der Waals surface area (Å²) in [6.07, 6.45) is 0.261.